The Morgan fingerprint density at radius 1 is 1.18 bits per heavy atom. The minimum absolute atomic E-state index is 0.0118. The van der Waals surface area contributed by atoms with Gasteiger partial charge in [0.25, 0.3) is 0 Å². The van der Waals surface area contributed by atoms with Gasteiger partial charge in [-0.1, -0.05) is 31.2 Å². The lowest BCUT2D eigenvalue weighted by atomic mass is 9.95. The van der Waals surface area contributed by atoms with Crippen LogP contribution >= 0.6 is 0 Å². The number of carbonyl (C=O) groups is 2. The normalized spacial score (nSPS) is 14.1. The van der Waals surface area contributed by atoms with Gasteiger partial charge in [0, 0.05) is 5.92 Å². The highest BCUT2D eigenvalue weighted by Crippen LogP contribution is 2.17. The maximum Gasteiger partial charge on any atom is 0.310 e. The number of ketones is 1. The molecule has 0 heterocycles. The SMILES string of the molecule is CC(=O)C(C)Cc1ccc(C(C)C(=O)O)cc1. The number of carboxylic acids is 1. The summed E-state index contributed by atoms with van der Waals surface area (Å²) in [5.41, 5.74) is 1.85. The molecule has 0 fully saturated rings. The number of benzene rings is 1. The van der Waals surface area contributed by atoms with Crippen molar-refractivity contribution < 1.29 is 14.7 Å². The summed E-state index contributed by atoms with van der Waals surface area (Å²) in [6.45, 7) is 5.15. The van der Waals surface area contributed by atoms with E-state index in [9.17, 15) is 9.59 Å². The number of aliphatic carboxylic acids is 1. The average molecular weight is 234 g/mol. The Kier molecular flexibility index (Phi) is 4.44. The number of Topliss-reactive ketones (excluding diaryl/α,β-unsaturated/α-hetero) is 1. The van der Waals surface area contributed by atoms with Crippen LogP contribution in [0.2, 0.25) is 0 Å². The molecule has 0 aliphatic heterocycles. The fourth-order valence-corrected chi connectivity index (χ4v) is 1.58. The highest BCUT2D eigenvalue weighted by molar-refractivity contribution is 5.78. The molecule has 0 spiro atoms. The third kappa shape index (κ3) is 3.70. The van der Waals surface area contributed by atoms with Crippen LogP contribution in [0, 0.1) is 5.92 Å². The van der Waals surface area contributed by atoms with E-state index in [2.05, 4.69) is 0 Å². The van der Waals surface area contributed by atoms with Gasteiger partial charge in [-0.3, -0.25) is 9.59 Å². The molecule has 1 N–H and O–H groups in total. The van der Waals surface area contributed by atoms with Gasteiger partial charge in [-0.05, 0) is 31.4 Å². The molecule has 3 nitrogen and oxygen atoms in total. The number of hydrogen-bond acceptors (Lipinski definition) is 2. The molecule has 1 aromatic carbocycles. The van der Waals surface area contributed by atoms with Gasteiger partial charge in [-0.2, -0.15) is 0 Å². The Bertz CT molecular complexity index is 406. The van der Waals surface area contributed by atoms with Crippen LogP contribution in [0.5, 0.6) is 0 Å². The van der Waals surface area contributed by atoms with E-state index in [1.54, 1.807) is 13.8 Å². The zero-order valence-electron chi connectivity index (χ0n) is 10.4. The van der Waals surface area contributed by atoms with E-state index in [1.807, 2.05) is 31.2 Å². The fraction of sp³-hybridized carbons (Fsp3) is 0.429. The third-order valence-electron chi connectivity index (χ3n) is 3.09. The van der Waals surface area contributed by atoms with Gasteiger partial charge >= 0.3 is 5.97 Å². The van der Waals surface area contributed by atoms with E-state index in [4.69, 9.17) is 5.11 Å². The van der Waals surface area contributed by atoms with Crippen molar-refractivity contribution in [2.45, 2.75) is 33.1 Å². The lowest BCUT2D eigenvalue weighted by Gasteiger charge is -2.10. The molecule has 2 unspecified atom stereocenters. The fourth-order valence-electron chi connectivity index (χ4n) is 1.58. The van der Waals surface area contributed by atoms with Crippen molar-refractivity contribution in [1.29, 1.82) is 0 Å². The molecular weight excluding hydrogens is 216 g/mol. The van der Waals surface area contributed by atoms with Gasteiger partial charge in [0.05, 0.1) is 5.92 Å². The Labute approximate surface area is 101 Å². The Balaban J connectivity index is 2.75. The Morgan fingerprint density at radius 2 is 1.71 bits per heavy atom. The molecule has 0 aliphatic rings. The summed E-state index contributed by atoms with van der Waals surface area (Å²) < 4.78 is 0. The van der Waals surface area contributed by atoms with Crippen LogP contribution in [-0.2, 0) is 16.0 Å². The summed E-state index contributed by atoms with van der Waals surface area (Å²) in [5.74, 6) is -1.13. The lowest BCUT2D eigenvalue weighted by Crippen LogP contribution is -2.10. The van der Waals surface area contributed by atoms with E-state index in [0.717, 1.165) is 11.1 Å². The number of rotatable bonds is 5. The van der Waals surface area contributed by atoms with Crippen LogP contribution in [0.4, 0.5) is 0 Å². The molecule has 3 heteroatoms. The van der Waals surface area contributed by atoms with E-state index < -0.39 is 11.9 Å². The van der Waals surface area contributed by atoms with E-state index in [0.29, 0.717) is 6.42 Å². The van der Waals surface area contributed by atoms with Crippen LogP contribution < -0.4 is 0 Å². The first-order chi connectivity index (χ1) is 7.91. The molecule has 0 saturated heterocycles. The average Bonchev–Trinajstić information content (AvgIpc) is 2.28. The Morgan fingerprint density at radius 3 is 2.12 bits per heavy atom. The maximum absolute atomic E-state index is 11.1. The second kappa shape index (κ2) is 5.62. The second-order valence-electron chi connectivity index (χ2n) is 4.52. The van der Waals surface area contributed by atoms with E-state index >= 15 is 0 Å². The van der Waals surface area contributed by atoms with Gasteiger partial charge in [-0.15, -0.1) is 0 Å². The summed E-state index contributed by atoms with van der Waals surface area (Å²) in [6.07, 6.45) is 0.705. The van der Waals surface area contributed by atoms with Crippen LogP contribution in [0.25, 0.3) is 0 Å². The summed E-state index contributed by atoms with van der Waals surface area (Å²) in [5, 5.41) is 8.88. The van der Waals surface area contributed by atoms with Crippen molar-refractivity contribution in [2.24, 2.45) is 5.92 Å². The summed E-state index contributed by atoms with van der Waals surface area (Å²) in [7, 11) is 0. The van der Waals surface area contributed by atoms with Gasteiger partial charge in [0.15, 0.2) is 0 Å². The number of hydrogen-bond donors (Lipinski definition) is 1. The van der Waals surface area contributed by atoms with Crippen molar-refractivity contribution in [1.82, 2.24) is 0 Å². The first-order valence-corrected chi connectivity index (χ1v) is 5.74. The van der Waals surface area contributed by atoms with Crippen LogP contribution in [-0.4, -0.2) is 16.9 Å². The lowest BCUT2D eigenvalue weighted by molar-refractivity contribution is -0.138. The molecular formula is C14H18O3. The monoisotopic (exact) mass is 234 g/mol. The minimum atomic E-state index is -0.824. The summed E-state index contributed by atoms with van der Waals surface area (Å²) in [6, 6.07) is 7.43. The third-order valence-corrected chi connectivity index (χ3v) is 3.09. The molecule has 1 rings (SSSR count). The minimum Gasteiger partial charge on any atom is -0.481 e. The molecule has 0 aliphatic carbocycles. The highest BCUT2D eigenvalue weighted by atomic mass is 16.4. The van der Waals surface area contributed by atoms with E-state index in [-0.39, 0.29) is 11.7 Å². The first kappa shape index (κ1) is 13.4. The largest absolute Gasteiger partial charge is 0.481 e. The van der Waals surface area contributed by atoms with Crippen molar-refractivity contribution in [3.8, 4) is 0 Å². The zero-order chi connectivity index (χ0) is 13.0. The summed E-state index contributed by atoms with van der Waals surface area (Å²) >= 11 is 0. The van der Waals surface area contributed by atoms with Crippen molar-refractivity contribution in [3.05, 3.63) is 35.4 Å². The number of carbonyl (C=O) groups excluding carboxylic acids is 1. The van der Waals surface area contributed by atoms with Gasteiger partial charge in [0.2, 0.25) is 0 Å². The standard InChI is InChI=1S/C14H18O3/c1-9(11(3)15)8-12-4-6-13(7-5-12)10(2)14(16)17/h4-7,9-10H,8H2,1-3H3,(H,16,17). The molecule has 92 valence electrons. The van der Waals surface area contributed by atoms with Crippen molar-refractivity contribution >= 4 is 11.8 Å². The molecule has 17 heavy (non-hydrogen) atoms. The van der Waals surface area contributed by atoms with Crippen molar-refractivity contribution in [2.75, 3.05) is 0 Å². The van der Waals surface area contributed by atoms with Gasteiger partial charge < -0.3 is 5.11 Å². The smallest absolute Gasteiger partial charge is 0.310 e. The predicted octanol–water partition coefficient (Wildman–Crippen LogP) is 2.64. The van der Waals surface area contributed by atoms with Gasteiger partial charge in [0.1, 0.15) is 5.78 Å². The zero-order valence-corrected chi connectivity index (χ0v) is 10.4. The van der Waals surface area contributed by atoms with Crippen LogP contribution in [0.15, 0.2) is 24.3 Å². The maximum atomic E-state index is 11.1. The first-order valence-electron chi connectivity index (χ1n) is 5.74. The topological polar surface area (TPSA) is 54.4 Å². The highest BCUT2D eigenvalue weighted by Gasteiger charge is 2.14. The quantitative estimate of drug-likeness (QED) is 0.852. The number of carboxylic acid groups (broad SMARTS) is 1. The molecule has 1 aromatic rings. The molecule has 0 bridgehead atoms. The molecule has 2 atom stereocenters. The Hall–Kier alpha value is -1.64. The predicted molar refractivity (Wildman–Crippen MR) is 66.0 cm³/mol. The molecule has 0 amide bonds. The molecule has 0 radical (unpaired) electrons. The van der Waals surface area contributed by atoms with Crippen LogP contribution in [0.3, 0.4) is 0 Å². The van der Waals surface area contributed by atoms with Crippen LogP contribution in [0.1, 0.15) is 37.8 Å². The summed E-state index contributed by atoms with van der Waals surface area (Å²) in [4.78, 5) is 21.9. The van der Waals surface area contributed by atoms with Gasteiger partial charge in [-0.25, -0.2) is 0 Å². The second-order valence-corrected chi connectivity index (χ2v) is 4.52. The molecule has 0 saturated carbocycles. The van der Waals surface area contributed by atoms with Crippen molar-refractivity contribution in [3.63, 3.8) is 0 Å². The van der Waals surface area contributed by atoms with E-state index in [1.165, 1.54) is 0 Å². The molecule has 0 aromatic heterocycles.